The Morgan fingerprint density at radius 2 is 1.42 bits per heavy atom. The summed E-state index contributed by atoms with van der Waals surface area (Å²) in [5.41, 5.74) is 4.20. The SMILES string of the molecule is COc1ccc(C23C(=O)N(Nc4ccc(Cl)cc4Cl)C(=O)C2CC2C(=CCC4C(=O)N(c5ccc(C(=O)c6ccccc6)cc5)C(=O)C42)C3c2c(OC)cc(O)cc2OC)cc1. The lowest BCUT2D eigenvalue weighted by Crippen LogP contribution is -2.53. The molecule has 14 heteroatoms. The van der Waals surface area contributed by atoms with Crippen LogP contribution in [0.4, 0.5) is 11.4 Å². The summed E-state index contributed by atoms with van der Waals surface area (Å²) in [5, 5.41) is 12.3. The van der Waals surface area contributed by atoms with Crippen LogP contribution in [0.1, 0.15) is 45.8 Å². The van der Waals surface area contributed by atoms with Crippen molar-refractivity contribution in [2.75, 3.05) is 31.7 Å². The predicted molar refractivity (Wildman–Crippen MR) is 231 cm³/mol. The van der Waals surface area contributed by atoms with Crippen molar-refractivity contribution < 1.29 is 43.3 Å². The van der Waals surface area contributed by atoms with Crippen LogP contribution in [-0.4, -0.2) is 60.9 Å². The van der Waals surface area contributed by atoms with Crippen LogP contribution < -0.4 is 24.5 Å². The Bertz CT molecular complexity index is 2680. The van der Waals surface area contributed by atoms with Crippen molar-refractivity contribution in [3.8, 4) is 23.0 Å². The summed E-state index contributed by atoms with van der Waals surface area (Å²) in [6, 6.07) is 29.5. The molecule has 6 unspecified atom stereocenters. The number of aromatic hydroxyl groups is 1. The highest BCUT2D eigenvalue weighted by Gasteiger charge is 2.71. The third-order valence-electron chi connectivity index (χ3n) is 12.8. The first-order valence-electron chi connectivity index (χ1n) is 19.9. The quantitative estimate of drug-likeness (QED) is 0.0800. The minimum atomic E-state index is -1.71. The number of carbonyl (C=O) groups is 5. The Morgan fingerprint density at radius 1 is 0.758 bits per heavy atom. The maximum atomic E-state index is 15.7. The molecule has 0 radical (unpaired) electrons. The van der Waals surface area contributed by atoms with Gasteiger partial charge in [0.2, 0.25) is 11.8 Å². The molecule has 2 aliphatic heterocycles. The number of fused-ring (bicyclic) bond motifs is 4. The van der Waals surface area contributed by atoms with Crippen molar-refractivity contribution in [1.29, 1.82) is 0 Å². The zero-order chi connectivity index (χ0) is 43.6. The molecule has 314 valence electrons. The lowest BCUT2D eigenvalue weighted by atomic mass is 9.49. The molecule has 1 saturated carbocycles. The molecular formula is C48H39Cl2N3O9. The number of methoxy groups -OCH3 is 3. The van der Waals surface area contributed by atoms with Crippen LogP contribution in [0.2, 0.25) is 10.0 Å². The number of anilines is 2. The van der Waals surface area contributed by atoms with Crippen LogP contribution in [-0.2, 0) is 24.6 Å². The Morgan fingerprint density at radius 3 is 2.05 bits per heavy atom. The minimum absolute atomic E-state index is 0.00667. The molecule has 2 heterocycles. The van der Waals surface area contributed by atoms with Crippen LogP contribution in [0.5, 0.6) is 23.0 Å². The van der Waals surface area contributed by atoms with Gasteiger partial charge in [0.25, 0.3) is 11.8 Å². The summed E-state index contributed by atoms with van der Waals surface area (Å²) in [7, 11) is 4.37. The number of benzene rings is 5. The monoisotopic (exact) mass is 871 g/mol. The summed E-state index contributed by atoms with van der Waals surface area (Å²) < 4.78 is 17.4. The number of ketones is 1. The number of hydrazine groups is 1. The molecule has 12 nitrogen and oxygen atoms in total. The van der Waals surface area contributed by atoms with Gasteiger partial charge in [0, 0.05) is 39.8 Å². The molecule has 4 aliphatic rings. The van der Waals surface area contributed by atoms with E-state index in [0.717, 1.165) is 5.01 Å². The molecule has 5 aromatic carbocycles. The second-order valence-corrected chi connectivity index (χ2v) is 16.6. The first kappa shape index (κ1) is 40.8. The summed E-state index contributed by atoms with van der Waals surface area (Å²) >= 11 is 12.8. The summed E-state index contributed by atoms with van der Waals surface area (Å²) in [5.74, 6) is -6.19. The first-order chi connectivity index (χ1) is 29.9. The van der Waals surface area contributed by atoms with Crippen molar-refractivity contribution in [3.05, 3.63) is 153 Å². The maximum Gasteiger partial charge on any atom is 0.260 e. The largest absolute Gasteiger partial charge is 0.508 e. The van der Waals surface area contributed by atoms with E-state index in [1.54, 1.807) is 84.9 Å². The molecule has 0 spiro atoms. The molecule has 5 aromatic rings. The van der Waals surface area contributed by atoms with E-state index >= 15 is 9.59 Å². The predicted octanol–water partition coefficient (Wildman–Crippen LogP) is 8.15. The molecular weight excluding hydrogens is 833 g/mol. The molecule has 62 heavy (non-hydrogen) atoms. The summed E-state index contributed by atoms with van der Waals surface area (Å²) in [4.78, 5) is 74.6. The highest BCUT2D eigenvalue weighted by molar-refractivity contribution is 6.36. The van der Waals surface area contributed by atoms with Gasteiger partial charge in [0.05, 0.1) is 60.9 Å². The molecule has 9 rings (SSSR count). The van der Waals surface area contributed by atoms with E-state index in [4.69, 9.17) is 37.4 Å². The Kier molecular flexibility index (Phi) is 10.3. The van der Waals surface area contributed by atoms with Gasteiger partial charge in [0.1, 0.15) is 23.0 Å². The van der Waals surface area contributed by atoms with Crippen molar-refractivity contribution in [2.24, 2.45) is 23.7 Å². The van der Waals surface area contributed by atoms with Crippen LogP contribution in [0.15, 0.2) is 121 Å². The maximum absolute atomic E-state index is 15.7. The van der Waals surface area contributed by atoms with Crippen molar-refractivity contribution in [2.45, 2.75) is 24.2 Å². The molecule has 2 saturated heterocycles. The van der Waals surface area contributed by atoms with Gasteiger partial charge in [-0.25, -0.2) is 0 Å². The molecule has 6 atom stereocenters. The zero-order valence-corrected chi connectivity index (χ0v) is 35.1. The van der Waals surface area contributed by atoms with E-state index in [9.17, 15) is 19.5 Å². The van der Waals surface area contributed by atoms with E-state index in [2.05, 4.69) is 5.43 Å². The normalized spacial score (nSPS) is 24.0. The topological polar surface area (TPSA) is 152 Å². The Hall–Kier alpha value is -6.63. The second kappa shape index (κ2) is 15.7. The number of imide groups is 2. The van der Waals surface area contributed by atoms with Crippen molar-refractivity contribution >= 4 is 64.0 Å². The van der Waals surface area contributed by atoms with E-state index in [1.165, 1.54) is 44.4 Å². The minimum Gasteiger partial charge on any atom is -0.508 e. The third kappa shape index (κ3) is 6.22. The number of nitrogens with one attached hydrogen (secondary N) is 1. The fourth-order valence-corrected chi connectivity index (χ4v) is 10.6. The fraction of sp³-hybridized carbons (Fsp3) is 0.229. The number of nitrogens with zero attached hydrogens (tertiary/aromatic N) is 2. The average Bonchev–Trinajstić information content (AvgIpc) is 3.67. The number of rotatable bonds is 10. The van der Waals surface area contributed by atoms with Gasteiger partial charge in [-0.05, 0) is 78.9 Å². The lowest BCUT2D eigenvalue weighted by Gasteiger charge is -2.51. The molecule has 3 fully saturated rings. The van der Waals surface area contributed by atoms with Gasteiger partial charge in [-0.2, -0.15) is 5.01 Å². The smallest absolute Gasteiger partial charge is 0.260 e. The number of halogens is 2. The van der Waals surface area contributed by atoms with Gasteiger partial charge in [-0.1, -0.05) is 77.3 Å². The van der Waals surface area contributed by atoms with E-state index in [-0.39, 0.29) is 46.6 Å². The average molecular weight is 873 g/mol. The third-order valence-corrected chi connectivity index (χ3v) is 13.4. The first-order valence-corrected chi connectivity index (χ1v) is 20.7. The van der Waals surface area contributed by atoms with Crippen LogP contribution in [0, 0.1) is 23.7 Å². The number of ether oxygens (including phenoxy) is 3. The molecule has 0 aromatic heterocycles. The zero-order valence-electron chi connectivity index (χ0n) is 33.6. The highest BCUT2D eigenvalue weighted by atomic mass is 35.5. The van der Waals surface area contributed by atoms with Crippen LogP contribution in [0.25, 0.3) is 0 Å². The van der Waals surface area contributed by atoms with E-state index in [0.29, 0.717) is 44.3 Å². The van der Waals surface area contributed by atoms with E-state index in [1.807, 2.05) is 12.1 Å². The fourth-order valence-electron chi connectivity index (χ4n) is 10.1. The number of hydrogen-bond acceptors (Lipinski definition) is 10. The molecule has 4 amide bonds. The van der Waals surface area contributed by atoms with Crippen molar-refractivity contribution in [1.82, 2.24) is 5.01 Å². The Balaban J connectivity index is 1.21. The highest BCUT2D eigenvalue weighted by Crippen LogP contribution is 2.66. The number of phenols is 1. The van der Waals surface area contributed by atoms with E-state index < -0.39 is 58.6 Å². The van der Waals surface area contributed by atoms with Gasteiger partial charge >= 0.3 is 0 Å². The molecule has 2 N–H and O–H groups in total. The second-order valence-electron chi connectivity index (χ2n) is 15.7. The molecule has 0 bridgehead atoms. The summed E-state index contributed by atoms with van der Waals surface area (Å²) in [6.07, 6.45) is 2.06. The van der Waals surface area contributed by atoms with Gasteiger partial charge in [0.15, 0.2) is 5.78 Å². The number of carbonyl (C=O) groups excluding carboxylic acids is 5. The van der Waals surface area contributed by atoms with Gasteiger partial charge in [-0.3, -0.25) is 34.3 Å². The van der Waals surface area contributed by atoms with Crippen LogP contribution in [0.3, 0.4) is 0 Å². The molecule has 2 aliphatic carbocycles. The Labute approximate surface area is 366 Å². The number of allylic oxidation sites excluding steroid dienone is 2. The van der Waals surface area contributed by atoms with Crippen molar-refractivity contribution in [3.63, 3.8) is 0 Å². The number of amides is 4. The number of hydrogen-bond donors (Lipinski definition) is 2. The van der Waals surface area contributed by atoms with Gasteiger partial charge < -0.3 is 19.3 Å². The van der Waals surface area contributed by atoms with Gasteiger partial charge in [-0.15, -0.1) is 0 Å². The lowest BCUT2D eigenvalue weighted by molar-refractivity contribution is -0.138. The summed E-state index contributed by atoms with van der Waals surface area (Å²) in [6.45, 7) is 0. The van der Waals surface area contributed by atoms with Crippen LogP contribution >= 0.6 is 23.2 Å². The standard InChI is InChI=1S/C48H39Cl2N3O9/c1-60-31-16-11-27(12-17-31)48-35(45(57)53(47(48)59)51-37-20-13-28(49)21-36(37)50)24-34-32(42(48)41-38(61-2)22-30(54)23-39(41)62-3)18-19-33-40(34)46(58)52(44(33)56)29-14-9-26(10-15-29)43(55)25-7-5-4-6-8-25/h4-18,20-23,33-35,40,42,51,54H,19,24H2,1-3H3. The number of phenolic OH excluding ortho intramolecular Hbond substituents is 1.